The van der Waals surface area contributed by atoms with Crippen LogP contribution in [0.15, 0.2) is 4.52 Å². The molecule has 1 aromatic rings. The smallest absolute Gasteiger partial charge is 0.229 e. The molecule has 114 valence electrons. The summed E-state index contributed by atoms with van der Waals surface area (Å²) in [7, 11) is 0. The van der Waals surface area contributed by atoms with Crippen molar-refractivity contribution in [3.05, 3.63) is 11.7 Å². The van der Waals surface area contributed by atoms with Crippen LogP contribution >= 0.6 is 0 Å². The molecule has 1 aromatic heterocycles. The highest BCUT2D eigenvalue weighted by Crippen LogP contribution is 2.38. The molecule has 0 bridgehead atoms. The summed E-state index contributed by atoms with van der Waals surface area (Å²) in [6.45, 7) is 10.7. The molecule has 0 unspecified atom stereocenters. The second-order valence-electron chi connectivity index (χ2n) is 7.76. The van der Waals surface area contributed by atoms with E-state index >= 15 is 0 Å². The highest BCUT2D eigenvalue weighted by atomic mass is 16.5. The molecule has 20 heavy (non-hydrogen) atoms. The summed E-state index contributed by atoms with van der Waals surface area (Å²) in [5.74, 6) is 2.50. The van der Waals surface area contributed by atoms with Crippen LogP contribution in [0.25, 0.3) is 0 Å². The quantitative estimate of drug-likeness (QED) is 0.920. The Labute approximate surface area is 122 Å². The summed E-state index contributed by atoms with van der Waals surface area (Å²) in [5.41, 5.74) is -0.785. The van der Waals surface area contributed by atoms with E-state index in [0.29, 0.717) is 30.0 Å². The normalized spacial score (nSPS) is 28.1. The van der Waals surface area contributed by atoms with Crippen molar-refractivity contribution in [2.45, 2.75) is 77.7 Å². The van der Waals surface area contributed by atoms with E-state index in [4.69, 9.17) is 4.52 Å². The summed E-state index contributed by atoms with van der Waals surface area (Å²) >= 11 is 0. The molecule has 0 aliphatic heterocycles. The molecular formula is C16H28N2O2. The Kier molecular flexibility index (Phi) is 4.24. The molecule has 0 aromatic carbocycles. The second-order valence-corrected chi connectivity index (χ2v) is 7.76. The molecule has 2 atom stereocenters. The summed E-state index contributed by atoms with van der Waals surface area (Å²) < 4.78 is 5.33. The van der Waals surface area contributed by atoms with Gasteiger partial charge in [-0.25, -0.2) is 0 Å². The van der Waals surface area contributed by atoms with Crippen LogP contribution in [0.2, 0.25) is 0 Å². The van der Waals surface area contributed by atoms with Gasteiger partial charge in [-0.1, -0.05) is 46.2 Å². The third kappa shape index (κ3) is 3.60. The molecular weight excluding hydrogens is 252 g/mol. The molecule has 1 heterocycles. The number of hydrogen-bond acceptors (Lipinski definition) is 4. The molecule has 1 N–H and O–H groups in total. The van der Waals surface area contributed by atoms with Gasteiger partial charge in [0, 0.05) is 5.41 Å². The van der Waals surface area contributed by atoms with E-state index in [9.17, 15) is 5.11 Å². The molecule has 0 saturated heterocycles. The van der Waals surface area contributed by atoms with Gasteiger partial charge in [0.05, 0.1) is 12.0 Å². The van der Waals surface area contributed by atoms with Crippen molar-refractivity contribution in [1.29, 1.82) is 0 Å². The first-order valence-corrected chi connectivity index (χ1v) is 7.75. The van der Waals surface area contributed by atoms with Crippen LogP contribution in [0.5, 0.6) is 0 Å². The van der Waals surface area contributed by atoms with Gasteiger partial charge in [-0.15, -0.1) is 0 Å². The Morgan fingerprint density at radius 3 is 2.65 bits per heavy atom. The van der Waals surface area contributed by atoms with Crippen molar-refractivity contribution in [3.8, 4) is 0 Å². The van der Waals surface area contributed by atoms with Gasteiger partial charge in [-0.3, -0.25) is 0 Å². The molecule has 1 fully saturated rings. The number of nitrogens with zero attached hydrogens (tertiary/aromatic N) is 2. The number of aromatic nitrogens is 2. The fourth-order valence-corrected chi connectivity index (χ4v) is 3.03. The summed E-state index contributed by atoms with van der Waals surface area (Å²) in [5, 5.41) is 14.9. The minimum absolute atomic E-state index is 0.114. The molecule has 1 aliphatic rings. The van der Waals surface area contributed by atoms with Crippen LogP contribution in [-0.4, -0.2) is 20.8 Å². The molecule has 1 aliphatic carbocycles. The Bertz CT molecular complexity index is 448. The molecule has 0 amide bonds. The summed E-state index contributed by atoms with van der Waals surface area (Å²) in [6, 6.07) is 0. The van der Waals surface area contributed by atoms with Gasteiger partial charge in [0.25, 0.3) is 0 Å². The first-order chi connectivity index (χ1) is 9.20. The van der Waals surface area contributed by atoms with E-state index in [0.717, 1.165) is 19.3 Å². The lowest BCUT2D eigenvalue weighted by molar-refractivity contribution is -0.0291. The van der Waals surface area contributed by atoms with Crippen LogP contribution in [0.4, 0.5) is 0 Å². The Morgan fingerprint density at radius 1 is 1.40 bits per heavy atom. The fraction of sp³-hybridized carbons (Fsp3) is 0.875. The highest BCUT2D eigenvalue weighted by Gasteiger charge is 2.37. The van der Waals surface area contributed by atoms with E-state index < -0.39 is 5.60 Å². The topological polar surface area (TPSA) is 59.2 Å². The predicted molar refractivity (Wildman–Crippen MR) is 78.4 cm³/mol. The molecule has 0 spiro atoms. The van der Waals surface area contributed by atoms with Gasteiger partial charge in [-0.05, 0) is 31.1 Å². The average Bonchev–Trinajstić information content (AvgIpc) is 2.76. The van der Waals surface area contributed by atoms with Crippen LogP contribution < -0.4 is 0 Å². The minimum Gasteiger partial charge on any atom is -0.389 e. The van der Waals surface area contributed by atoms with Gasteiger partial charge in [-0.2, -0.15) is 4.98 Å². The minimum atomic E-state index is -0.672. The Hall–Kier alpha value is -0.900. The third-order valence-electron chi connectivity index (χ3n) is 4.42. The average molecular weight is 280 g/mol. The molecule has 0 radical (unpaired) electrons. The monoisotopic (exact) mass is 280 g/mol. The second kappa shape index (κ2) is 5.47. The zero-order valence-corrected chi connectivity index (χ0v) is 13.4. The summed E-state index contributed by atoms with van der Waals surface area (Å²) in [4.78, 5) is 4.45. The van der Waals surface area contributed by atoms with E-state index in [1.54, 1.807) is 0 Å². The van der Waals surface area contributed by atoms with Crippen LogP contribution in [0.3, 0.4) is 0 Å². The largest absolute Gasteiger partial charge is 0.389 e. The maximum Gasteiger partial charge on any atom is 0.229 e. The molecule has 4 heteroatoms. The number of aliphatic hydroxyl groups is 1. The lowest BCUT2D eigenvalue weighted by Gasteiger charge is -2.37. The maximum absolute atomic E-state index is 10.8. The van der Waals surface area contributed by atoms with Gasteiger partial charge in [0.15, 0.2) is 5.82 Å². The first kappa shape index (κ1) is 15.5. The fourth-order valence-electron chi connectivity index (χ4n) is 3.03. The van der Waals surface area contributed by atoms with E-state index in [-0.39, 0.29) is 5.41 Å². The zero-order valence-electron chi connectivity index (χ0n) is 13.4. The third-order valence-corrected chi connectivity index (χ3v) is 4.42. The lowest BCUT2D eigenvalue weighted by Crippen LogP contribution is -2.38. The van der Waals surface area contributed by atoms with Crippen molar-refractivity contribution in [3.63, 3.8) is 0 Å². The number of rotatable bonds is 3. The number of hydrogen-bond donors (Lipinski definition) is 1. The van der Waals surface area contributed by atoms with E-state index in [2.05, 4.69) is 44.8 Å². The maximum atomic E-state index is 10.8. The van der Waals surface area contributed by atoms with Crippen molar-refractivity contribution >= 4 is 0 Å². The summed E-state index contributed by atoms with van der Waals surface area (Å²) in [6.07, 6.45) is 4.47. The Morgan fingerprint density at radius 2 is 2.10 bits per heavy atom. The molecule has 1 saturated carbocycles. The molecule has 4 nitrogen and oxygen atoms in total. The van der Waals surface area contributed by atoms with E-state index in [1.807, 2.05) is 0 Å². The van der Waals surface area contributed by atoms with Crippen LogP contribution in [0, 0.1) is 11.8 Å². The first-order valence-electron chi connectivity index (χ1n) is 7.75. The van der Waals surface area contributed by atoms with Crippen LogP contribution in [-0.2, 0) is 11.8 Å². The van der Waals surface area contributed by atoms with Crippen molar-refractivity contribution < 1.29 is 9.63 Å². The van der Waals surface area contributed by atoms with E-state index in [1.165, 1.54) is 6.42 Å². The highest BCUT2D eigenvalue weighted by molar-refractivity contribution is 5.02. The van der Waals surface area contributed by atoms with Gasteiger partial charge >= 0.3 is 0 Å². The SMILES string of the molecule is CC(C)[C@H]1CCC[C@@](O)(Cc2nc(C(C)(C)C)no2)C1. The van der Waals surface area contributed by atoms with Gasteiger partial charge < -0.3 is 9.63 Å². The predicted octanol–water partition coefficient (Wildman–Crippen LogP) is 3.49. The van der Waals surface area contributed by atoms with Crippen molar-refractivity contribution in [1.82, 2.24) is 10.1 Å². The lowest BCUT2D eigenvalue weighted by atomic mass is 9.72. The molecule has 2 rings (SSSR count). The van der Waals surface area contributed by atoms with Crippen molar-refractivity contribution in [2.24, 2.45) is 11.8 Å². The van der Waals surface area contributed by atoms with Gasteiger partial charge in [0.2, 0.25) is 5.89 Å². The Balaban J connectivity index is 2.06. The van der Waals surface area contributed by atoms with Gasteiger partial charge in [0.1, 0.15) is 0 Å². The van der Waals surface area contributed by atoms with Crippen LogP contribution in [0.1, 0.15) is 72.0 Å². The zero-order chi connectivity index (χ0) is 15.0. The van der Waals surface area contributed by atoms with Crippen molar-refractivity contribution in [2.75, 3.05) is 0 Å². The standard InChI is InChI=1S/C16H28N2O2/c1-11(2)12-7-6-8-16(19,9-12)10-13-17-14(18-20-13)15(3,4)5/h11-12,19H,6-10H2,1-5H3/t12-,16-/m0/s1.